The second-order valence-electron chi connectivity index (χ2n) is 6.51. The van der Waals surface area contributed by atoms with Gasteiger partial charge in [-0.1, -0.05) is 26.0 Å². The zero-order valence-electron chi connectivity index (χ0n) is 14.0. The summed E-state index contributed by atoms with van der Waals surface area (Å²) in [6.45, 7) is 7.07. The van der Waals surface area contributed by atoms with E-state index in [1.807, 2.05) is 18.2 Å². The third-order valence-corrected chi connectivity index (χ3v) is 4.25. The molecule has 1 heterocycles. The molecular formula is C18H28N2O2. The highest BCUT2D eigenvalue weighted by molar-refractivity contribution is 5.75. The third kappa shape index (κ3) is 4.65. The Balaban J connectivity index is 1.79. The molecule has 0 bridgehead atoms. The van der Waals surface area contributed by atoms with Gasteiger partial charge >= 0.3 is 0 Å². The van der Waals surface area contributed by atoms with Crippen molar-refractivity contribution in [1.82, 2.24) is 5.32 Å². The van der Waals surface area contributed by atoms with E-state index in [9.17, 15) is 4.79 Å². The molecule has 0 radical (unpaired) electrons. The van der Waals surface area contributed by atoms with E-state index in [4.69, 9.17) is 4.74 Å². The minimum absolute atomic E-state index is 0.185. The molecule has 1 aromatic carbocycles. The van der Waals surface area contributed by atoms with Crippen LogP contribution in [0.25, 0.3) is 0 Å². The molecule has 1 atom stereocenters. The summed E-state index contributed by atoms with van der Waals surface area (Å²) in [4.78, 5) is 14.2. The maximum atomic E-state index is 11.8. The highest BCUT2D eigenvalue weighted by atomic mass is 16.5. The van der Waals surface area contributed by atoms with Gasteiger partial charge in [0.1, 0.15) is 5.75 Å². The van der Waals surface area contributed by atoms with Gasteiger partial charge in [-0.15, -0.1) is 0 Å². The van der Waals surface area contributed by atoms with Crippen LogP contribution in [0.3, 0.4) is 0 Å². The van der Waals surface area contributed by atoms with Crippen LogP contribution in [0.5, 0.6) is 5.75 Å². The summed E-state index contributed by atoms with van der Waals surface area (Å²) in [5.41, 5.74) is 1.15. The van der Waals surface area contributed by atoms with Crippen LogP contribution in [0.15, 0.2) is 24.3 Å². The van der Waals surface area contributed by atoms with Gasteiger partial charge in [0.05, 0.1) is 12.8 Å². The first-order valence-electron chi connectivity index (χ1n) is 8.24. The first-order valence-corrected chi connectivity index (χ1v) is 8.24. The van der Waals surface area contributed by atoms with Gasteiger partial charge in [0, 0.05) is 26.1 Å². The maximum Gasteiger partial charge on any atom is 0.220 e. The first kappa shape index (κ1) is 16.7. The number of ether oxygens (including phenoxy) is 1. The number of para-hydroxylation sites is 2. The summed E-state index contributed by atoms with van der Waals surface area (Å²) in [5, 5.41) is 3.08. The number of carbonyl (C=O) groups excluding carboxylic acids is 1. The Morgan fingerprint density at radius 1 is 1.41 bits per heavy atom. The van der Waals surface area contributed by atoms with Crippen LogP contribution in [0, 0.1) is 11.8 Å². The smallest absolute Gasteiger partial charge is 0.220 e. The molecule has 0 aliphatic carbocycles. The lowest BCUT2D eigenvalue weighted by molar-refractivity contribution is -0.121. The molecule has 1 aliphatic heterocycles. The molecule has 1 aromatic rings. The third-order valence-electron chi connectivity index (χ3n) is 4.25. The number of hydrogen-bond donors (Lipinski definition) is 1. The minimum Gasteiger partial charge on any atom is -0.495 e. The Morgan fingerprint density at radius 3 is 2.91 bits per heavy atom. The predicted molar refractivity (Wildman–Crippen MR) is 90.4 cm³/mol. The molecule has 22 heavy (non-hydrogen) atoms. The lowest BCUT2D eigenvalue weighted by Gasteiger charge is -2.21. The van der Waals surface area contributed by atoms with E-state index in [2.05, 4.69) is 30.1 Å². The lowest BCUT2D eigenvalue weighted by Crippen LogP contribution is -2.31. The zero-order chi connectivity index (χ0) is 15.9. The molecule has 0 saturated carbocycles. The second-order valence-corrected chi connectivity index (χ2v) is 6.51. The molecule has 1 saturated heterocycles. The van der Waals surface area contributed by atoms with E-state index >= 15 is 0 Å². The molecule has 1 amide bonds. The summed E-state index contributed by atoms with van der Waals surface area (Å²) in [6, 6.07) is 8.13. The van der Waals surface area contributed by atoms with E-state index in [-0.39, 0.29) is 5.91 Å². The van der Waals surface area contributed by atoms with Gasteiger partial charge in [-0.25, -0.2) is 0 Å². The van der Waals surface area contributed by atoms with E-state index < -0.39 is 0 Å². The fourth-order valence-electron chi connectivity index (χ4n) is 2.88. The number of hydrogen-bond acceptors (Lipinski definition) is 3. The number of carbonyl (C=O) groups is 1. The number of nitrogens with zero attached hydrogens (tertiary/aromatic N) is 1. The normalized spacial score (nSPS) is 17.8. The van der Waals surface area contributed by atoms with Crippen molar-refractivity contribution in [3.63, 3.8) is 0 Å². The fraction of sp³-hybridized carbons (Fsp3) is 0.611. The zero-order valence-corrected chi connectivity index (χ0v) is 14.0. The van der Waals surface area contributed by atoms with Crippen molar-refractivity contribution in [2.75, 3.05) is 31.6 Å². The van der Waals surface area contributed by atoms with Gasteiger partial charge in [-0.3, -0.25) is 4.79 Å². The maximum absolute atomic E-state index is 11.8. The Hall–Kier alpha value is -1.71. The molecule has 1 fully saturated rings. The number of benzene rings is 1. The van der Waals surface area contributed by atoms with Crippen molar-refractivity contribution in [3.05, 3.63) is 24.3 Å². The van der Waals surface area contributed by atoms with Crippen LogP contribution >= 0.6 is 0 Å². The number of amides is 1. The van der Waals surface area contributed by atoms with Gasteiger partial charge < -0.3 is 15.0 Å². The highest BCUT2D eigenvalue weighted by Gasteiger charge is 2.24. The van der Waals surface area contributed by atoms with Crippen molar-refractivity contribution < 1.29 is 9.53 Å². The topological polar surface area (TPSA) is 41.6 Å². The van der Waals surface area contributed by atoms with Crippen LogP contribution in [0.4, 0.5) is 5.69 Å². The molecule has 4 nitrogen and oxygen atoms in total. The summed E-state index contributed by atoms with van der Waals surface area (Å²) in [6.07, 6.45) is 2.72. The van der Waals surface area contributed by atoms with Gasteiger partial charge in [-0.2, -0.15) is 0 Å². The molecule has 0 aromatic heterocycles. The SMILES string of the molecule is COc1ccccc1N1CC[C@H](CNC(=O)CCC(C)C)C1. The molecule has 0 unspecified atom stereocenters. The van der Waals surface area contributed by atoms with Crippen molar-refractivity contribution in [1.29, 1.82) is 0 Å². The van der Waals surface area contributed by atoms with Crippen molar-refractivity contribution in [3.8, 4) is 5.75 Å². The van der Waals surface area contributed by atoms with Gasteiger partial charge in [0.25, 0.3) is 0 Å². The van der Waals surface area contributed by atoms with E-state index in [1.165, 1.54) is 0 Å². The van der Waals surface area contributed by atoms with Gasteiger partial charge in [0.15, 0.2) is 0 Å². The standard InChI is InChI=1S/C18H28N2O2/c1-14(2)8-9-18(21)19-12-15-10-11-20(13-15)16-6-4-5-7-17(16)22-3/h4-7,14-15H,8-13H2,1-3H3,(H,19,21)/t15-/m1/s1. The van der Waals surface area contributed by atoms with E-state index in [1.54, 1.807) is 7.11 Å². The van der Waals surface area contributed by atoms with Crippen LogP contribution in [-0.4, -0.2) is 32.7 Å². The number of rotatable bonds is 7. The van der Waals surface area contributed by atoms with Gasteiger partial charge in [0.2, 0.25) is 5.91 Å². The lowest BCUT2D eigenvalue weighted by atomic mass is 10.1. The number of anilines is 1. The quantitative estimate of drug-likeness (QED) is 0.841. The average Bonchev–Trinajstić information content (AvgIpc) is 2.99. The molecule has 122 valence electrons. The number of methoxy groups -OCH3 is 1. The molecule has 2 rings (SSSR count). The van der Waals surface area contributed by atoms with Crippen LogP contribution in [0.1, 0.15) is 33.1 Å². The largest absolute Gasteiger partial charge is 0.495 e. The van der Waals surface area contributed by atoms with Crippen molar-refractivity contribution in [2.45, 2.75) is 33.1 Å². The Kier molecular flexibility index (Phi) is 6.10. The van der Waals surface area contributed by atoms with E-state index in [0.717, 1.165) is 43.9 Å². The Bertz CT molecular complexity index is 488. The average molecular weight is 304 g/mol. The summed E-state index contributed by atoms with van der Waals surface area (Å²) in [7, 11) is 1.71. The summed E-state index contributed by atoms with van der Waals surface area (Å²) >= 11 is 0. The van der Waals surface area contributed by atoms with E-state index in [0.29, 0.717) is 18.3 Å². The fourth-order valence-corrected chi connectivity index (χ4v) is 2.88. The highest BCUT2D eigenvalue weighted by Crippen LogP contribution is 2.31. The monoisotopic (exact) mass is 304 g/mol. The molecule has 0 spiro atoms. The first-order chi connectivity index (χ1) is 10.6. The Morgan fingerprint density at radius 2 is 2.18 bits per heavy atom. The van der Waals surface area contributed by atoms with Crippen molar-refractivity contribution >= 4 is 11.6 Å². The summed E-state index contributed by atoms with van der Waals surface area (Å²) < 4.78 is 5.43. The van der Waals surface area contributed by atoms with Crippen LogP contribution < -0.4 is 15.0 Å². The second kappa shape index (κ2) is 8.06. The molecule has 1 aliphatic rings. The minimum atomic E-state index is 0.185. The Labute approximate surface area is 133 Å². The molecule has 1 N–H and O–H groups in total. The van der Waals surface area contributed by atoms with Gasteiger partial charge in [-0.05, 0) is 36.8 Å². The van der Waals surface area contributed by atoms with Crippen molar-refractivity contribution in [2.24, 2.45) is 11.8 Å². The summed E-state index contributed by atoms with van der Waals surface area (Å²) in [5.74, 6) is 2.21. The van der Waals surface area contributed by atoms with Crippen LogP contribution in [0.2, 0.25) is 0 Å². The molecular weight excluding hydrogens is 276 g/mol. The predicted octanol–water partition coefficient (Wildman–Crippen LogP) is 3.07. The number of nitrogens with one attached hydrogen (secondary N) is 1. The van der Waals surface area contributed by atoms with Crippen LogP contribution in [-0.2, 0) is 4.79 Å². The molecule has 4 heteroatoms.